The number of hydrogen-bond donors (Lipinski definition) is 5. The van der Waals surface area contributed by atoms with Crippen molar-refractivity contribution in [2.45, 2.75) is 71.0 Å². The number of nitrogens with zero attached hydrogens (tertiary/aromatic N) is 3. The molecule has 280 valence electrons. The zero-order chi connectivity index (χ0) is 38.2. The Balaban J connectivity index is 1.14. The molecule has 1 aromatic rings. The van der Waals surface area contributed by atoms with Crippen molar-refractivity contribution < 1.29 is 33.5 Å². The van der Waals surface area contributed by atoms with E-state index in [4.69, 9.17) is 10.5 Å². The summed E-state index contributed by atoms with van der Waals surface area (Å²) in [4.78, 5) is 80.2. The molecule has 0 spiro atoms. The summed E-state index contributed by atoms with van der Waals surface area (Å²) < 4.78 is 5.61. The van der Waals surface area contributed by atoms with Gasteiger partial charge in [0.1, 0.15) is 17.5 Å². The van der Waals surface area contributed by atoms with Crippen LogP contribution in [0.25, 0.3) is 0 Å². The molecule has 3 heterocycles. The fourth-order valence-corrected chi connectivity index (χ4v) is 6.27. The molecule has 15 heteroatoms. The summed E-state index contributed by atoms with van der Waals surface area (Å²) in [6, 6.07) is 3.80. The van der Waals surface area contributed by atoms with Crippen LogP contribution in [-0.2, 0) is 23.9 Å². The van der Waals surface area contributed by atoms with Gasteiger partial charge in [-0.25, -0.2) is 0 Å². The minimum absolute atomic E-state index is 0.0448. The lowest BCUT2D eigenvalue weighted by atomic mass is 10.0. The maximum atomic E-state index is 13.2. The molecule has 0 saturated carbocycles. The van der Waals surface area contributed by atoms with Crippen LogP contribution in [0.15, 0.2) is 65.8 Å². The number of benzene rings is 1. The molecule has 0 bridgehead atoms. The molecule has 0 aliphatic carbocycles. The molecule has 15 nitrogen and oxygen atoms in total. The Morgan fingerprint density at radius 1 is 1.13 bits per heavy atom. The molecule has 6 amide bonds. The van der Waals surface area contributed by atoms with Crippen molar-refractivity contribution in [1.82, 2.24) is 30.7 Å². The number of likely N-dealkylation sites (N-methyl/N-ethyl adjacent to an activating group) is 2. The maximum Gasteiger partial charge on any atom is 0.264 e. The molecule has 3 aliphatic heterocycles. The van der Waals surface area contributed by atoms with E-state index in [1.165, 1.54) is 6.07 Å². The number of nitrogens with one attached hydrogen (secondary N) is 4. The van der Waals surface area contributed by atoms with Crippen LogP contribution in [0.2, 0.25) is 0 Å². The number of hydrogen-bond acceptors (Lipinski definition) is 11. The number of ether oxygens (including phenoxy) is 1. The second-order valence-corrected chi connectivity index (χ2v) is 13.1. The van der Waals surface area contributed by atoms with E-state index in [2.05, 4.69) is 47.8 Å². The van der Waals surface area contributed by atoms with Crippen LogP contribution in [0.3, 0.4) is 0 Å². The van der Waals surface area contributed by atoms with Crippen LogP contribution in [0.5, 0.6) is 0 Å². The van der Waals surface area contributed by atoms with Crippen LogP contribution >= 0.6 is 0 Å². The molecule has 2 unspecified atom stereocenters. The molecule has 6 N–H and O–H groups in total. The monoisotopic (exact) mass is 718 g/mol. The Bertz CT molecular complexity index is 1720. The van der Waals surface area contributed by atoms with Gasteiger partial charge in [0.25, 0.3) is 11.8 Å². The average molecular weight is 719 g/mol. The Hall–Kier alpha value is -5.44. The van der Waals surface area contributed by atoms with Gasteiger partial charge in [-0.05, 0) is 62.5 Å². The van der Waals surface area contributed by atoms with Crippen LogP contribution in [-0.4, -0.2) is 102 Å². The van der Waals surface area contributed by atoms with Crippen molar-refractivity contribution >= 4 is 41.1 Å². The van der Waals surface area contributed by atoms with Gasteiger partial charge in [-0.15, -0.1) is 0 Å². The number of piperidine rings is 1. The third kappa shape index (κ3) is 8.70. The SMILES string of the molecule is C=C(C)/C(N)=C\N(C)C1(C)/C(=C\CC)C=C(NC(=O)CCCC(=O)NCCOCCNc2cccc3c2C(=O)N(C2CCC(=O)NC2=O)C3=O)N1C. The molecule has 3 aliphatic rings. The number of fused-ring (bicyclic) bond motifs is 1. The van der Waals surface area contributed by atoms with Crippen LogP contribution in [0.4, 0.5) is 5.69 Å². The van der Waals surface area contributed by atoms with E-state index in [0.717, 1.165) is 22.5 Å². The van der Waals surface area contributed by atoms with E-state index in [0.29, 0.717) is 30.2 Å². The predicted molar refractivity (Wildman–Crippen MR) is 195 cm³/mol. The zero-order valence-corrected chi connectivity index (χ0v) is 30.6. The van der Waals surface area contributed by atoms with Crippen LogP contribution < -0.4 is 27.0 Å². The van der Waals surface area contributed by atoms with Crippen molar-refractivity contribution in [2.75, 3.05) is 45.7 Å². The number of carbonyl (C=O) groups is 6. The minimum Gasteiger partial charge on any atom is -0.397 e. The number of rotatable bonds is 17. The largest absolute Gasteiger partial charge is 0.397 e. The second kappa shape index (κ2) is 17.2. The Labute approximate surface area is 304 Å². The van der Waals surface area contributed by atoms with Crippen molar-refractivity contribution in [1.29, 1.82) is 0 Å². The Kier molecular flexibility index (Phi) is 13.0. The summed E-state index contributed by atoms with van der Waals surface area (Å²) >= 11 is 0. The van der Waals surface area contributed by atoms with E-state index in [-0.39, 0.29) is 68.4 Å². The lowest BCUT2D eigenvalue weighted by molar-refractivity contribution is -0.136. The molecule has 1 fully saturated rings. The zero-order valence-electron chi connectivity index (χ0n) is 30.6. The third-order valence-corrected chi connectivity index (χ3v) is 9.46. The number of imide groups is 2. The molecular weight excluding hydrogens is 668 g/mol. The number of allylic oxidation sites excluding steroid dienone is 2. The number of anilines is 1. The lowest BCUT2D eigenvalue weighted by Crippen LogP contribution is -2.54. The second-order valence-electron chi connectivity index (χ2n) is 13.1. The molecule has 0 aromatic heterocycles. The van der Waals surface area contributed by atoms with Gasteiger partial charge in [-0.2, -0.15) is 0 Å². The first-order chi connectivity index (χ1) is 24.7. The van der Waals surface area contributed by atoms with E-state index in [1.54, 1.807) is 12.1 Å². The molecule has 4 rings (SSSR count). The van der Waals surface area contributed by atoms with Crippen molar-refractivity contribution in [3.05, 3.63) is 76.9 Å². The number of nitrogens with two attached hydrogens (primary N) is 1. The molecule has 2 atom stereocenters. The normalized spacial score (nSPS) is 20.9. The summed E-state index contributed by atoms with van der Waals surface area (Å²) in [5.41, 5.74) is 8.71. The fraction of sp³-hybridized carbons (Fsp3) is 0.459. The lowest BCUT2D eigenvalue weighted by Gasteiger charge is -2.44. The maximum absolute atomic E-state index is 13.2. The smallest absolute Gasteiger partial charge is 0.264 e. The van der Waals surface area contributed by atoms with Crippen LogP contribution in [0.1, 0.15) is 80.0 Å². The Morgan fingerprint density at radius 3 is 2.54 bits per heavy atom. The molecular formula is C37H50N8O7. The first kappa shape index (κ1) is 39.3. The highest BCUT2D eigenvalue weighted by Gasteiger charge is 2.46. The van der Waals surface area contributed by atoms with E-state index < -0.39 is 35.3 Å². The summed E-state index contributed by atoms with van der Waals surface area (Å²) in [5.74, 6) is -2.00. The highest BCUT2D eigenvalue weighted by Crippen LogP contribution is 2.37. The summed E-state index contributed by atoms with van der Waals surface area (Å²) in [7, 11) is 3.84. The highest BCUT2D eigenvalue weighted by molar-refractivity contribution is 6.25. The minimum atomic E-state index is -1.04. The summed E-state index contributed by atoms with van der Waals surface area (Å²) in [6.45, 7) is 11.0. The molecule has 1 aromatic carbocycles. The molecule has 1 saturated heterocycles. The van der Waals surface area contributed by atoms with Gasteiger partial charge < -0.3 is 36.2 Å². The van der Waals surface area contributed by atoms with Gasteiger partial charge in [0.15, 0.2) is 0 Å². The average Bonchev–Trinajstić information content (AvgIpc) is 3.49. The fourth-order valence-electron chi connectivity index (χ4n) is 6.27. The van der Waals surface area contributed by atoms with Gasteiger partial charge in [0.05, 0.1) is 24.3 Å². The van der Waals surface area contributed by atoms with Gasteiger partial charge >= 0.3 is 0 Å². The quantitative estimate of drug-likeness (QED) is 0.0899. The van der Waals surface area contributed by atoms with Crippen molar-refractivity contribution in [2.24, 2.45) is 5.73 Å². The topological polar surface area (TPSA) is 196 Å². The van der Waals surface area contributed by atoms with Crippen LogP contribution in [0, 0.1) is 0 Å². The summed E-state index contributed by atoms with van der Waals surface area (Å²) in [5, 5.41) is 11.1. The van der Waals surface area contributed by atoms with E-state index >= 15 is 0 Å². The van der Waals surface area contributed by atoms with Gasteiger partial charge in [0.2, 0.25) is 23.6 Å². The first-order valence-electron chi connectivity index (χ1n) is 17.5. The Morgan fingerprint density at radius 2 is 1.85 bits per heavy atom. The van der Waals surface area contributed by atoms with Gasteiger partial charge in [-0.3, -0.25) is 39.0 Å². The highest BCUT2D eigenvalue weighted by atomic mass is 16.5. The number of amides is 6. The standard InChI is InChI=1S/C37H50N8O7/c1-7-10-24-21-29(44(6)37(24,4)43(5)22-26(38)23(2)3)41-31(47)14-9-13-30(46)40-18-20-52-19-17-39-27-12-8-11-25-33(27)36(51)45(35(25)50)28-15-16-32(48)42-34(28)49/h8,10-12,21-22,28,39H,2,7,9,13-20,38H2,1,3-6H3,(H,40,46)(H,41,47)(H,42,48,49)/b24-10-,26-22+. The van der Waals surface area contributed by atoms with Gasteiger partial charge in [-0.1, -0.05) is 25.6 Å². The van der Waals surface area contributed by atoms with Crippen molar-refractivity contribution in [3.63, 3.8) is 0 Å². The molecule has 0 radical (unpaired) electrons. The van der Waals surface area contributed by atoms with Gasteiger partial charge in [0, 0.05) is 64.0 Å². The number of carbonyl (C=O) groups excluding carboxylic acids is 6. The van der Waals surface area contributed by atoms with E-state index in [9.17, 15) is 28.8 Å². The first-order valence-corrected chi connectivity index (χ1v) is 17.5. The van der Waals surface area contributed by atoms with E-state index in [1.807, 2.05) is 43.1 Å². The predicted octanol–water partition coefficient (Wildman–Crippen LogP) is 2.07. The van der Waals surface area contributed by atoms with Crippen molar-refractivity contribution in [3.8, 4) is 0 Å². The third-order valence-electron chi connectivity index (χ3n) is 9.46. The summed E-state index contributed by atoms with van der Waals surface area (Å²) in [6.07, 6.45) is 7.57. The molecule has 52 heavy (non-hydrogen) atoms.